The molecule has 1 atom stereocenters. The summed E-state index contributed by atoms with van der Waals surface area (Å²) in [4.78, 5) is 23.2. The van der Waals surface area contributed by atoms with E-state index in [1.807, 2.05) is 0 Å². The van der Waals surface area contributed by atoms with Gasteiger partial charge in [-0.1, -0.05) is 0 Å². The molecule has 1 aliphatic heterocycles. The van der Waals surface area contributed by atoms with Crippen LogP contribution in [-0.4, -0.2) is 53.2 Å². The third-order valence-electron chi connectivity index (χ3n) is 2.91. The Hall–Kier alpha value is -1.04. The number of nitrogens with zero attached hydrogens (tertiary/aromatic N) is 1. The molecule has 1 unspecified atom stereocenters. The van der Waals surface area contributed by atoms with Crippen molar-refractivity contribution in [3.63, 3.8) is 0 Å². The van der Waals surface area contributed by atoms with Crippen molar-refractivity contribution in [2.45, 2.75) is 24.9 Å². The van der Waals surface area contributed by atoms with Gasteiger partial charge >= 0.3 is 6.09 Å². The standard InChI is InChI=1S/C10H16ClFN2O3/c11-6-8(15)14-4-1-2-10(12,3-5-14)7-13-9(16)17/h13H,1-7H2,(H,16,17). The molecule has 0 aromatic carbocycles. The number of carbonyl (C=O) groups excluding carboxylic acids is 1. The number of rotatable bonds is 3. The molecule has 17 heavy (non-hydrogen) atoms. The molecule has 1 fully saturated rings. The first-order chi connectivity index (χ1) is 7.97. The molecular formula is C10H16ClFN2O3. The number of halogens is 2. The molecule has 0 aromatic rings. The lowest BCUT2D eigenvalue weighted by Gasteiger charge is -2.23. The van der Waals surface area contributed by atoms with E-state index in [-0.39, 0.29) is 37.7 Å². The second-order valence-electron chi connectivity index (χ2n) is 4.18. The third-order valence-corrected chi connectivity index (χ3v) is 3.13. The lowest BCUT2D eigenvalue weighted by Crippen LogP contribution is -2.40. The van der Waals surface area contributed by atoms with Gasteiger partial charge < -0.3 is 15.3 Å². The first-order valence-corrected chi connectivity index (χ1v) is 6.00. The summed E-state index contributed by atoms with van der Waals surface area (Å²) in [6.07, 6.45) is -0.338. The second kappa shape index (κ2) is 6.05. The van der Waals surface area contributed by atoms with Crippen molar-refractivity contribution in [3.8, 4) is 0 Å². The molecule has 1 saturated heterocycles. The number of carbonyl (C=O) groups is 2. The fraction of sp³-hybridized carbons (Fsp3) is 0.800. The van der Waals surface area contributed by atoms with Gasteiger partial charge in [0.1, 0.15) is 11.5 Å². The highest BCUT2D eigenvalue weighted by Gasteiger charge is 2.33. The van der Waals surface area contributed by atoms with E-state index in [0.717, 1.165) is 0 Å². The molecule has 0 bridgehead atoms. The smallest absolute Gasteiger partial charge is 0.404 e. The van der Waals surface area contributed by atoms with Crippen molar-refractivity contribution in [2.75, 3.05) is 25.5 Å². The van der Waals surface area contributed by atoms with Crippen molar-refractivity contribution < 1.29 is 19.1 Å². The fourth-order valence-electron chi connectivity index (χ4n) is 1.90. The van der Waals surface area contributed by atoms with Gasteiger partial charge in [-0.05, 0) is 12.8 Å². The van der Waals surface area contributed by atoms with Crippen LogP contribution in [0.3, 0.4) is 0 Å². The highest BCUT2D eigenvalue weighted by molar-refractivity contribution is 6.27. The lowest BCUT2D eigenvalue weighted by atomic mass is 9.97. The molecule has 0 saturated carbocycles. The molecule has 1 rings (SSSR count). The van der Waals surface area contributed by atoms with Crippen LogP contribution in [0.1, 0.15) is 19.3 Å². The van der Waals surface area contributed by atoms with Gasteiger partial charge in [0.2, 0.25) is 5.91 Å². The Balaban J connectivity index is 2.51. The maximum absolute atomic E-state index is 14.2. The van der Waals surface area contributed by atoms with Gasteiger partial charge in [0.05, 0.1) is 6.54 Å². The van der Waals surface area contributed by atoms with E-state index in [1.54, 1.807) is 0 Å². The number of hydrogen-bond acceptors (Lipinski definition) is 2. The maximum atomic E-state index is 14.2. The van der Waals surface area contributed by atoms with E-state index in [2.05, 4.69) is 5.32 Å². The highest BCUT2D eigenvalue weighted by atomic mass is 35.5. The number of carboxylic acid groups (broad SMARTS) is 1. The molecule has 0 radical (unpaired) electrons. The molecule has 1 heterocycles. The zero-order chi connectivity index (χ0) is 12.9. The molecule has 1 aliphatic rings. The molecule has 0 aromatic heterocycles. The van der Waals surface area contributed by atoms with Crippen LogP contribution >= 0.6 is 11.6 Å². The summed E-state index contributed by atoms with van der Waals surface area (Å²) in [5, 5.41) is 10.5. The highest BCUT2D eigenvalue weighted by Crippen LogP contribution is 2.26. The summed E-state index contributed by atoms with van der Waals surface area (Å²) < 4.78 is 14.2. The van der Waals surface area contributed by atoms with Gasteiger partial charge in [0, 0.05) is 19.5 Å². The number of amides is 2. The largest absolute Gasteiger partial charge is 0.465 e. The minimum Gasteiger partial charge on any atom is -0.465 e. The fourth-order valence-corrected chi connectivity index (χ4v) is 2.07. The quantitative estimate of drug-likeness (QED) is 0.755. The van der Waals surface area contributed by atoms with Crippen molar-refractivity contribution >= 4 is 23.6 Å². The maximum Gasteiger partial charge on any atom is 0.404 e. The van der Waals surface area contributed by atoms with E-state index in [4.69, 9.17) is 16.7 Å². The lowest BCUT2D eigenvalue weighted by molar-refractivity contribution is -0.128. The van der Waals surface area contributed by atoms with Gasteiger partial charge in [-0.15, -0.1) is 11.6 Å². The van der Waals surface area contributed by atoms with Crippen molar-refractivity contribution in [2.24, 2.45) is 0 Å². The predicted molar refractivity (Wildman–Crippen MR) is 61.0 cm³/mol. The number of hydrogen-bond donors (Lipinski definition) is 2. The summed E-state index contributed by atoms with van der Waals surface area (Å²) >= 11 is 5.44. The molecular weight excluding hydrogens is 251 g/mol. The van der Waals surface area contributed by atoms with Gasteiger partial charge in [-0.25, -0.2) is 9.18 Å². The first kappa shape index (κ1) is 14.0. The summed E-state index contributed by atoms with van der Waals surface area (Å²) in [5.41, 5.74) is -1.57. The SMILES string of the molecule is O=C(O)NCC1(F)CCCN(C(=O)CCl)CC1. The Bertz CT molecular complexity index is 303. The predicted octanol–water partition coefficient (Wildman–Crippen LogP) is 1.21. The van der Waals surface area contributed by atoms with Crippen LogP contribution in [0.25, 0.3) is 0 Å². The summed E-state index contributed by atoms with van der Waals surface area (Å²) in [7, 11) is 0. The topological polar surface area (TPSA) is 69.6 Å². The Morgan fingerprint density at radius 2 is 2.12 bits per heavy atom. The second-order valence-corrected chi connectivity index (χ2v) is 4.44. The third kappa shape index (κ3) is 4.38. The van der Waals surface area contributed by atoms with Gasteiger partial charge in [0.25, 0.3) is 0 Å². The van der Waals surface area contributed by atoms with E-state index in [1.165, 1.54) is 4.90 Å². The monoisotopic (exact) mass is 266 g/mol. The van der Waals surface area contributed by atoms with Crippen molar-refractivity contribution in [1.82, 2.24) is 10.2 Å². The molecule has 0 spiro atoms. The first-order valence-electron chi connectivity index (χ1n) is 5.46. The minimum absolute atomic E-state index is 0.105. The Morgan fingerprint density at radius 3 is 2.71 bits per heavy atom. The van der Waals surface area contributed by atoms with Crippen LogP contribution in [0.5, 0.6) is 0 Å². The Labute approximate surface area is 104 Å². The van der Waals surface area contributed by atoms with Crippen LogP contribution in [0, 0.1) is 0 Å². The number of likely N-dealkylation sites (tertiary alicyclic amines) is 1. The van der Waals surface area contributed by atoms with Crippen LogP contribution in [-0.2, 0) is 4.79 Å². The molecule has 2 N–H and O–H groups in total. The summed E-state index contributed by atoms with van der Waals surface area (Å²) in [5.74, 6) is -0.311. The van der Waals surface area contributed by atoms with Crippen LogP contribution < -0.4 is 5.32 Å². The number of nitrogens with one attached hydrogen (secondary N) is 1. The van der Waals surface area contributed by atoms with Crippen LogP contribution in [0.4, 0.5) is 9.18 Å². The van der Waals surface area contributed by atoms with Crippen molar-refractivity contribution in [3.05, 3.63) is 0 Å². The van der Waals surface area contributed by atoms with Gasteiger partial charge in [0.15, 0.2) is 0 Å². The van der Waals surface area contributed by atoms with E-state index in [9.17, 15) is 14.0 Å². The molecule has 2 amide bonds. The average molecular weight is 267 g/mol. The Morgan fingerprint density at radius 1 is 1.41 bits per heavy atom. The molecule has 98 valence electrons. The molecule has 5 nitrogen and oxygen atoms in total. The normalized spacial score (nSPS) is 25.2. The average Bonchev–Trinajstić information content (AvgIpc) is 2.49. The minimum atomic E-state index is -1.57. The molecule has 7 heteroatoms. The Kier molecular flexibility index (Phi) is 4.99. The van der Waals surface area contributed by atoms with Crippen LogP contribution in [0.15, 0.2) is 0 Å². The summed E-state index contributed by atoms with van der Waals surface area (Å²) in [6, 6.07) is 0. The number of alkyl halides is 2. The molecule has 0 aliphatic carbocycles. The van der Waals surface area contributed by atoms with Crippen LogP contribution in [0.2, 0.25) is 0 Å². The van der Waals surface area contributed by atoms with Crippen molar-refractivity contribution in [1.29, 1.82) is 0 Å². The summed E-state index contributed by atoms with van der Waals surface area (Å²) in [6.45, 7) is 0.527. The zero-order valence-corrected chi connectivity index (χ0v) is 10.2. The zero-order valence-electron chi connectivity index (χ0n) is 9.42. The van der Waals surface area contributed by atoms with E-state index < -0.39 is 11.8 Å². The van der Waals surface area contributed by atoms with E-state index >= 15 is 0 Å². The van der Waals surface area contributed by atoms with Gasteiger partial charge in [-0.3, -0.25) is 4.79 Å². The van der Waals surface area contributed by atoms with Gasteiger partial charge in [-0.2, -0.15) is 0 Å². The van der Waals surface area contributed by atoms with E-state index in [0.29, 0.717) is 13.0 Å².